The van der Waals surface area contributed by atoms with Crippen LogP contribution in [0.4, 0.5) is 0 Å². The Hall–Kier alpha value is -0.550. The number of halogens is 2. The van der Waals surface area contributed by atoms with Crippen LogP contribution in [0.2, 0.25) is 0 Å². The number of hydrogen-bond donors (Lipinski definition) is 1. The van der Waals surface area contributed by atoms with E-state index < -0.39 is 18.9 Å². The second-order valence-electron chi connectivity index (χ2n) is 4.36. The molecule has 1 unspecified atom stereocenters. The van der Waals surface area contributed by atoms with Gasteiger partial charge in [-0.3, -0.25) is 4.79 Å². The van der Waals surface area contributed by atoms with Crippen LogP contribution < -0.4 is 9.61 Å². The molecule has 0 heterocycles. The largest absolute Gasteiger partial charge is 0.462 e. The number of carbonyl (C=O) groups is 1. The molecule has 8 heteroatoms. The third kappa shape index (κ3) is 6.27. The average Bonchev–Trinajstić information content (AvgIpc) is 2.30. The molecule has 0 aliphatic rings. The Labute approximate surface area is 131 Å². The number of carbonyl (C=O) groups excluding carboxylic acids is 1. The lowest BCUT2D eigenvalue weighted by atomic mass is 10.3. The smallest absolute Gasteiger partial charge is 0.409 e. The lowest BCUT2D eigenvalue weighted by Crippen LogP contribution is -2.34. The van der Waals surface area contributed by atoms with E-state index in [1.807, 2.05) is 0 Å². The first kappa shape index (κ1) is 17.5. The summed E-state index contributed by atoms with van der Waals surface area (Å²) in [4.78, 5) is 11.6. The Morgan fingerprint density at radius 2 is 1.85 bits per heavy atom. The molecule has 0 saturated carbocycles. The van der Waals surface area contributed by atoms with Gasteiger partial charge in [0.25, 0.3) is 0 Å². The van der Waals surface area contributed by atoms with E-state index in [0.717, 1.165) is 4.47 Å². The zero-order valence-electron chi connectivity index (χ0n) is 11.3. The quantitative estimate of drug-likeness (QED) is 0.591. The lowest BCUT2D eigenvalue weighted by Gasteiger charge is -2.19. The summed E-state index contributed by atoms with van der Waals surface area (Å²) in [5, 5.41) is 2.44. The van der Waals surface area contributed by atoms with E-state index in [1.54, 1.807) is 38.1 Å². The van der Waals surface area contributed by atoms with Gasteiger partial charge in [-0.15, -0.1) is 0 Å². The molecule has 0 amide bonds. The number of hydrogen-bond acceptors (Lipinski definition) is 4. The monoisotopic (exact) mass is 383 g/mol. The van der Waals surface area contributed by atoms with E-state index >= 15 is 0 Å². The lowest BCUT2D eigenvalue weighted by molar-refractivity contribution is -0.148. The van der Waals surface area contributed by atoms with Crippen molar-refractivity contribution >= 4 is 40.0 Å². The van der Waals surface area contributed by atoms with Crippen LogP contribution in [-0.2, 0) is 14.1 Å². The van der Waals surface area contributed by atoms with Crippen molar-refractivity contribution in [3.8, 4) is 5.75 Å². The molecule has 112 valence electrons. The first-order valence-corrected chi connectivity index (χ1v) is 9.25. The molecule has 1 aromatic carbocycles. The highest BCUT2D eigenvalue weighted by Crippen LogP contribution is 2.48. The van der Waals surface area contributed by atoms with E-state index in [2.05, 4.69) is 21.0 Å². The van der Waals surface area contributed by atoms with Crippen LogP contribution in [0.3, 0.4) is 0 Å². The summed E-state index contributed by atoms with van der Waals surface area (Å²) < 4.78 is 23.1. The van der Waals surface area contributed by atoms with Crippen molar-refractivity contribution in [2.45, 2.75) is 32.9 Å². The minimum absolute atomic E-state index is 0.256. The predicted molar refractivity (Wildman–Crippen MR) is 82.1 cm³/mol. The van der Waals surface area contributed by atoms with Crippen LogP contribution in [0.5, 0.6) is 5.75 Å². The molecule has 0 aliphatic heterocycles. The van der Waals surface area contributed by atoms with Crippen molar-refractivity contribution in [3.63, 3.8) is 0 Å². The highest BCUT2D eigenvalue weighted by atomic mass is 79.9. The first-order valence-electron chi connectivity index (χ1n) is 5.93. The fourth-order valence-corrected chi connectivity index (χ4v) is 3.23. The zero-order chi connectivity index (χ0) is 15.3. The molecule has 1 N–H and O–H groups in total. The molecule has 1 aromatic rings. The van der Waals surface area contributed by atoms with Crippen molar-refractivity contribution in [1.82, 2.24) is 5.09 Å². The molecular weight excluding hydrogens is 368 g/mol. The number of nitrogens with one attached hydrogen (secondary N) is 1. The Morgan fingerprint density at radius 3 is 2.35 bits per heavy atom. The number of benzene rings is 1. The molecular formula is C12H16BrClNO4P. The molecule has 0 radical (unpaired) electrons. The maximum Gasteiger partial charge on any atom is 0.409 e. The molecule has 0 aliphatic carbocycles. The number of rotatable bonds is 6. The fourth-order valence-electron chi connectivity index (χ4n) is 1.28. The number of esters is 1. The van der Waals surface area contributed by atoms with Gasteiger partial charge in [0.15, 0.2) is 0 Å². The Balaban J connectivity index is 2.62. The van der Waals surface area contributed by atoms with Gasteiger partial charge in [0.05, 0.1) is 6.10 Å². The Bertz CT molecular complexity index is 509. The molecule has 0 saturated heterocycles. The summed E-state index contributed by atoms with van der Waals surface area (Å²) in [6.45, 7) is 1.28. The van der Waals surface area contributed by atoms with Crippen LogP contribution in [0, 0.1) is 0 Å². The van der Waals surface area contributed by atoms with Gasteiger partial charge in [-0.2, -0.15) is 0 Å². The van der Waals surface area contributed by atoms with E-state index in [9.17, 15) is 9.36 Å². The minimum Gasteiger partial charge on any atom is -0.462 e. The summed E-state index contributed by atoms with van der Waals surface area (Å²) >= 11 is 9.06. The van der Waals surface area contributed by atoms with Gasteiger partial charge in [-0.1, -0.05) is 15.9 Å². The molecule has 0 fully saturated rings. The summed E-state index contributed by atoms with van der Waals surface area (Å²) in [6, 6.07) is 5.83. The third-order valence-electron chi connectivity index (χ3n) is 2.09. The van der Waals surface area contributed by atoms with Crippen LogP contribution in [0.25, 0.3) is 0 Å². The molecule has 2 atom stereocenters. The summed E-state index contributed by atoms with van der Waals surface area (Å²) in [7, 11) is 0. The normalized spacial score (nSPS) is 15.5. The van der Waals surface area contributed by atoms with Crippen molar-refractivity contribution in [2.75, 3.05) is 0 Å². The van der Waals surface area contributed by atoms with E-state index in [1.165, 1.54) is 6.92 Å². The third-order valence-corrected chi connectivity index (χ3v) is 4.26. The highest BCUT2D eigenvalue weighted by molar-refractivity contribution is 9.10. The summed E-state index contributed by atoms with van der Waals surface area (Å²) in [6.07, 6.45) is -0.256. The van der Waals surface area contributed by atoms with E-state index in [0.29, 0.717) is 5.75 Å². The summed E-state index contributed by atoms with van der Waals surface area (Å²) in [5.74, 6) is -0.205. The maximum absolute atomic E-state index is 12.1. The van der Waals surface area contributed by atoms with Crippen LogP contribution in [0.15, 0.2) is 28.7 Å². The Kier molecular flexibility index (Phi) is 6.52. The van der Waals surface area contributed by atoms with E-state index in [4.69, 9.17) is 20.5 Å². The number of ether oxygens (including phenoxy) is 1. The van der Waals surface area contributed by atoms with Gasteiger partial charge in [0, 0.05) is 15.7 Å². The van der Waals surface area contributed by atoms with Gasteiger partial charge in [0.1, 0.15) is 11.8 Å². The maximum atomic E-state index is 12.1. The topological polar surface area (TPSA) is 64.6 Å². The fraction of sp³-hybridized carbons (Fsp3) is 0.417. The van der Waals surface area contributed by atoms with Gasteiger partial charge in [-0.25, -0.2) is 9.65 Å². The zero-order valence-corrected chi connectivity index (χ0v) is 14.5. The van der Waals surface area contributed by atoms with Gasteiger partial charge >= 0.3 is 12.8 Å². The predicted octanol–water partition coefficient (Wildman–Crippen LogP) is 4.10. The van der Waals surface area contributed by atoms with Crippen molar-refractivity contribution in [1.29, 1.82) is 0 Å². The molecule has 20 heavy (non-hydrogen) atoms. The summed E-state index contributed by atoms with van der Waals surface area (Å²) in [5.41, 5.74) is 0. The van der Waals surface area contributed by atoms with Crippen molar-refractivity contribution in [2.24, 2.45) is 0 Å². The first-order chi connectivity index (χ1) is 9.19. The molecule has 0 spiro atoms. The van der Waals surface area contributed by atoms with Crippen LogP contribution in [-0.4, -0.2) is 18.1 Å². The molecule has 1 rings (SSSR count). The average molecular weight is 385 g/mol. The van der Waals surface area contributed by atoms with E-state index in [-0.39, 0.29) is 6.10 Å². The van der Waals surface area contributed by atoms with Crippen LogP contribution >= 0.6 is 34.0 Å². The second kappa shape index (κ2) is 7.46. The van der Waals surface area contributed by atoms with Crippen LogP contribution in [0.1, 0.15) is 20.8 Å². The minimum atomic E-state index is -3.68. The Morgan fingerprint density at radius 1 is 1.30 bits per heavy atom. The van der Waals surface area contributed by atoms with Gasteiger partial charge in [-0.05, 0) is 45.0 Å². The van der Waals surface area contributed by atoms with Crippen molar-refractivity contribution < 1.29 is 18.6 Å². The van der Waals surface area contributed by atoms with Crippen molar-refractivity contribution in [3.05, 3.63) is 28.7 Å². The second-order valence-corrected chi connectivity index (χ2v) is 8.01. The standard InChI is InChI=1S/C12H16BrClNO4P/c1-8(2)18-12(16)9(3)15-20(14,17)19-11-6-4-10(13)5-7-11/h4-9H,1-3H3,(H,15,17)/t9-,20?/m0/s1. The molecule has 0 bridgehead atoms. The van der Waals surface area contributed by atoms with Gasteiger partial charge in [0.2, 0.25) is 0 Å². The highest BCUT2D eigenvalue weighted by Gasteiger charge is 2.28. The SMILES string of the molecule is CC(C)OC(=O)[C@H](C)NP(=O)(Cl)Oc1ccc(Br)cc1. The molecule has 0 aromatic heterocycles. The molecule has 5 nitrogen and oxygen atoms in total. The van der Waals surface area contributed by atoms with Gasteiger partial charge < -0.3 is 9.26 Å².